The Bertz CT molecular complexity index is 352. The molecule has 0 aliphatic heterocycles. The van der Waals surface area contributed by atoms with Gasteiger partial charge in [-0.15, -0.1) is 12.8 Å². The Hall–Kier alpha value is 0.531. The number of hydrogen-bond acceptors (Lipinski definition) is 0. The van der Waals surface area contributed by atoms with Gasteiger partial charge in [0.15, 0.2) is 0 Å². The van der Waals surface area contributed by atoms with Crippen LogP contribution in [-0.2, 0) is 0 Å². The van der Waals surface area contributed by atoms with Crippen LogP contribution in [0.2, 0.25) is 0 Å². The van der Waals surface area contributed by atoms with Crippen molar-refractivity contribution < 1.29 is 0 Å². The summed E-state index contributed by atoms with van der Waals surface area (Å²) in [6, 6.07) is 0. The monoisotopic (exact) mass is 380 g/mol. The molecule has 0 saturated carbocycles. The van der Waals surface area contributed by atoms with Crippen LogP contribution in [0.15, 0.2) is 35.5 Å². The molecule has 0 aromatic heterocycles. The van der Waals surface area contributed by atoms with Crippen molar-refractivity contribution in [3.63, 3.8) is 0 Å². The average molecular weight is 380 g/mol. The predicted molar refractivity (Wildman–Crippen MR) is 85.7 cm³/mol. The smallest absolute Gasteiger partial charge is 0.269 e. The Morgan fingerprint density at radius 1 is 0.737 bits per heavy atom. The van der Waals surface area contributed by atoms with Gasteiger partial charge in [0.1, 0.15) is 0 Å². The molecule has 0 bridgehead atoms. The molecule has 0 spiro atoms. The van der Waals surface area contributed by atoms with Crippen molar-refractivity contribution in [2.24, 2.45) is 10.8 Å². The minimum atomic E-state index is 0. The van der Waals surface area contributed by atoms with E-state index in [0.29, 0.717) is 10.8 Å². The van der Waals surface area contributed by atoms with Gasteiger partial charge >= 0.3 is 48.9 Å². The maximum absolute atomic E-state index is 3.30. The van der Waals surface area contributed by atoms with Crippen molar-refractivity contribution >= 4 is 48.9 Å². The van der Waals surface area contributed by atoms with Gasteiger partial charge in [-0.25, -0.2) is 23.3 Å². The fraction of sp³-hybridized carbons (Fsp3) is 0.556. The van der Waals surface area contributed by atoms with E-state index in [0.717, 1.165) is 12.8 Å². The normalized spacial score (nSPS) is 17.4. The molecule has 19 heavy (non-hydrogen) atoms. The summed E-state index contributed by atoms with van der Waals surface area (Å²) in [5.41, 5.74) is 3.30. The van der Waals surface area contributed by atoms with Crippen LogP contribution in [0, 0.1) is 23.0 Å². The van der Waals surface area contributed by atoms with Crippen LogP contribution in [-0.4, -0.2) is 48.9 Å². The van der Waals surface area contributed by atoms with Crippen molar-refractivity contribution in [1.29, 1.82) is 0 Å². The van der Waals surface area contributed by atoms with Crippen LogP contribution >= 0.6 is 0 Å². The summed E-state index contributed by atoms with van der Waals surface area (Å²) >= 11 is 0. The zero-order chi connectivity index (χ0) is 13.8. The molecular formula is C18H26Ba. The largest absolute Gasteiger partial charge is 2.00 e. The first-order valence-electron chi connectivity index (χ1n) is 6.77. The van der Waals surface area contributed by atoms with Crippen molar-refractivity contribution in [2.75, 3.05) is 0 Å². The van der Waals surface area contributed by atoms with Gasteiger partial charge in [-0.2, -0.15) is 12.2 Å². The Kier molecular flexibility index (Phi) is 8.32. The van der Waals surface area contributed by atoms with Gasteiger partial charge in [0.25, 0.3) is 0 Å². The van der Waals surface area contributed by atoms with E-state index in [-0.39, 0.29) is 48.9 Å². The molecular weight excluding hydrogens is 354 g/mol. The first-order chi connectivity index (χ1) is 8.21. The van der Waals surface area contributed by atoms with E-state index in [1.54, 1.807) is 0 Å². The maximum Gasteiger partial charge on any atom is 2.00 e. The summed E-state index contributed by atoms with van der Waals surface area (Å²) in [4.78, 5) is 0. The Morgan fingerprint density at radius 2 is 1.05 bits per heavy atom. The predicted octanol–water partition coefficient (Wildman–Crippen LogP) is 5.06. The molecule has 0 heterocycles. The second-order valence-electron chi connectivity index (χ2n) is 6.89. The van der Waals surface area contributed by atoms with E-state index in [2.05, 4.69) is 78.0 Å². The van der Waals surface area contributed by atoms with Gasteiger partial charge in [0.2, 0.25) is 0 Å². The molecule has 2 aliphatic carbocycles. The Morgan fingerprint density at radius 3 is 1.16 bits per heavy atom. The third-order valence-electron chi connectivity index (χ3n) is 3.01. The maximum atomic E-state index is 3.30. The second kappa shape index (κ2) is 8.09. The summed E-state index contributed by atoms with van der Waals surface area (Å²) in [6.07, 6.45) is 17.3. The van der Waals surface area contributed by atoms with E-state index in [1.165, 1.54) is 11.1 Å². The number of allylic oxidation sites excluding steroid dienone is 8. The molecule has 1 heteroatoms. The molecule has 0 radical (unpaired) electrons. The first kappa shape index (κ1) is 19.5. The van der Waals surface area contributed by atoms with Crippen LogP contribution in [0.25, 0.3) is 0 Å². The van der Waals surface area contributed by atoms with Crippen LogP contribution in [0.3, 0.4) is 0 Å². The average Bonchev–Trinajstić information content (AvgIpc) is 2.91. The molecule has 0 unspecified atom stereocenters. The molecule has 0 atom stereocenters. The molecule has 100 valence electrons. The fourth-order valence-electron chi connectivity index (χ4n) is 1.84. The van der Waals surface area contributed by atoms with E-state index in [9.17, 15) is 0 Å². The minimum absolute atomic E-state index is 0. The SMILES string of the molecule is CC(C)(C)C1=[C-]CC=C1.CC(C)(C)C1=[C-]CC=C1.[Ba+2]. The zero-order valence-electron chi connectivity index (χ0n) is 13.4. The van der Waals surface area contributed by atoms with Gasteiger partial charge in [0.05, 0.1) is 0 Å². The first-order valence-corrected chi connectivity index (χ1v) is 6.77. The van der Waals surface area contributed by atoms with Gasteiger partial charge in [-0.1, -0.05) is 41.5 Å². The number of hydrogen-bond donors (Lipinski definition) is 0. The van der Waals surface area contributed by atoms with E-state index < -0.39 is 0 Å². The van der Waals surface area contributed by atoms with Crippen molar-refractivity contribution in [3.05, 3.63) is 47.6 Å². The standard InChI is InChI=1S/2C9H13.Ba/c2*1-9(2,3)8-6-4-5-7-8;/h2*4,6H,5H2,1-3H3;/q2*-1;+2. The zero-order valence-corrected chi connectivity index (χ0v) is 17.9. The van der Waals surface area contributed by atoms with E-state index >= 15 is 0 Å². The molecule has 0 fully saturated rings. The molecule has 0 amide bonds. The summed E-state index contributed by atoms with van der Waals surface area (Å²) in [5, 5.41) is 0. The Balaban J connectivity index is 0.000000324. The van der Waals surface area contributed by atoms with Crippen LogP contribution in [0.4, 0.5) is 0 Å². The second-order valence-corrected chi connectivity index (χ2v) is 6.89. The minimum Gasteiger partial charge on any atom is -0.269 e. The molecule has 2 aliphatic rings. The van der Waals surface area contributed by atoms with Crippen molar-refractivity contribution in [3.8, 4) is 0 Å². The summed E-state index contributed by atoms with van der Waals surface area (Å²) in [7, 11) is 0. The third kappa shape index (κ3) is 7.19. The molecule has 0 aromatic carbocycles. The quantitative estimate of drug-likeness (QED) is 0.407. The number of rotatable bonds is 0. The summed E-state index contributed by atoms with van der Waals surface area (Å²) < 4.78 is 0. The van der Waals surface area contributed by atoms with Gasteiger partial charge < -0.3 is 0 Å². The summed E-state index contributed by atoms with van der Waals surface area (Å²) in [5.74, 6) is 0. The summed E-state index contributed by atoms with van der Waals surface area (Å²) in [6.45, 7) is 13.3. The van der Waals surface area contributed by atoms with E-state index in [1.807, 2.05) is 0 Å². The molecule has 0 nitrogen and oxygen atoms in total. The Labute approximate surface area is 160 Å². The van der Waals surface area contributed by atoms with Crippen LogP contribution < -0.4 is 0 Å². The van der Waals surface area contributed by atoms with Crippen LogP contribution in [0.1, 0.15) is 54.4 Å². The molecule has 0 saturated heterocycles. The van der Waals surface area contributed by atoms with Crippen LogP contribution in [0.5, 0.6) is 0 Å². The molecule has 2 rings (SSSR count). The van der Waals surface area contributed by atoms with Gasteiger partial charge in [-0.3, -0.25) is 12.2 Å². The van der Waals surface area contributed by atoms with E-state index in [4.69, 9.17) is 0 Å². The third-order valence-corrected chi connectivity index (χ3v) is 3.01. The fourth-order valence-corrected chi connectivity index (χ4v) is 1.84. The molecule has 0 N–H and O–H groups in total. The van der Waals surface area contributed by atoms with Crippen molar-refractivity contribution in [2.45, 2.75) is 54.4 Å². The molecule has 0 aromatic rings. The van der Waals surface area contributed by atoms with Gasteiger partial charge in [0, 0.05) is 0 Å². The van der Waals surface area contributed by atoms with Gasteiger partial charge in [-0.05, 0) is 10.8 Å². The topological polar surface area (TPSA) is 0 Å². The van der Waals surface area contributed by atoms with Crippen molar-refractivity contribution in [1.82, 2.24) is 0 Å².